The quantitative estimate of drug-likeness (QED) is 0.398. The van der Waals surface area contributed by atoms with E-state index in [-0.39, 0.29) is 5.91 Å². The third-order valence-corrected chi connectivity index (χ3v) is 5.64. The second-order valence-corrected chi connectivity index (χ2v) is 8.25. The molecule has 0 aliphatic carbocycles. The first kappa shape index (κ1) is 20.2. The summed E-state index contributed by atoms with van der Waals surface area (Å²) >= 11 is 7.30. The molecule has 152 valence electrons. The highest BCUT2D eigenvalue weighted by molar-refractivity contribution is 7.12. The average Bonchev–Trinajstić information content (AvgIpc) is 3.38. The molecule has 5 nitrogen and oxygen atoms in total. The predicted molar refractivity (Wildman–Crippen MR) is 121 cm³/mol. The molecule has 0 aliphatic rings. The fraction of sp³-hybridized carbons (Fsp3) is 0.130. The molecule has 1 N–H and O–H groups in total. The molecule has 0 unspecified atom stereocenters. The van der Waals surface area contributed by atoms with Crippen LogP contribution in [0.15, 0.2) is 72.2 Å². The lowest BCUT2D eigenvalue weighted by Gasteiger charge is -2.05. The smallest absolute Gasteiger partial charge is 0.266 e. The number of nitrogens with one attached hydrogen (secondary N) is 1. The zero-order valence-corrected chi connectivity index (χ0v) is 17.9. The second-order valence-electron chi connectivity index (χ2n) is 6.90. The molecule has 2 aromatic heterocycles. The van der Waals surface area contributed by atoms with Crippen molar-refractivity contribution < 1.29 is 9.53 Å². The van der Waals surface area contributed by atoms with Gasteiger partial charge >= 0.3 is 0 Å². The summed E-state index contributed by atoms with van der Waals surface area (Å²) in [6.07, 6.45) is 1.83. The summed E-state index contributed by atoms with van der Waals surface area (Å²) in [6.45, 7) is 3.05. The van der Waals surface area contributed by atoms with Crippen LogP contribution >= 0.6 is 22.9 Å². The minimum absolute atomic E-state index is 0.182. The molecule has 1 amide bonds. The van der Waals surface area contributed by atoms with Gasteiger partial charge in [0.15, 0.2) is 5.82 Å². The maximum absolute atomic E-state index is 12.5. The Morgan fingerprint density at radius 3 is 2.77 bits per heavy atom. The SMILES string of the molecule is Cc1cccc(OCc2csc(C(=O)Nc3ccn(Cc4ccc(Cl)cc4)n3)c2)c1. The van der Waals surface area contributed by atoms with Crippen LogP contribution in [0.1, 0.15) is 26.4 Å². The molecule has 2 aromatic carbocycles. The highest BCUT2D eigenvalue weighted by Crippen LogP contribution is 2.20. The highest BCUT2D eigenvalue weighted by atomic mass is 35.5. The van der Waals surface area contributed by atoms with Crippen LogP contribution in [-0.2, 0) is 13.2 Å². The molecule has 0 fully saturated rings. The van der Waals surface area contributed by atoms with E-state index in [1.165, 1.54) is 11.3 Å². The standard InChI is InChI=1S/C23H20ClN3O2S/c1-16-3-2-4-20(11-16)29-14-18-12-21(30-15-18)23(28)25-22-9-10-27(26-22)13-17-5-7-19(24)8-6-17/h2-12,15H,13-14H2,1H3,(H,25,26,28). The van der Waals surface area contributed by atoms with Crippen molar-refractivity contribution in [2.75, 3.05) is 5.32 Å². The van der Waals surface area contributed by atoms with Gasteiger partial charge in [-0.15, -0.1) is 11.3 Å². The Hall–Kier alpha value is -3.09. The van der Waals surface area contributed by atoms with E-state index in [1.54, 1.807) is 10.7 Å². The van der Waals surface area contributed by atoms with E-state index < -0.39 is 0 Å². The van der Waals surface area contributed by atoms with Gasteiger partial charge in [-0.2, -0.15) is 5.10 Å². The maximum atomic E-state index is 12.5. The number of hydrogen-bond acceptors (Lipinski definition) is 4. The number of benzene rings is 2. The molecule has 7 heteroatoms. The van der Waals surface area contributed by atoms with Gasteiger partial charge in [-0.1, -0.05) is 35.9 Å². The normalized spacial score (nSPS) is 10.7. The summed E-state index contributed by atoms with van der Waals surface area (Å²) in [5.74, 6) is 1.15. The number of amides is 1. The van der Waals surface area contributed by atoms with Gasteiger partial charge in [0.2, 0.25) is 0 Å². The highest BCUT2D eigenvalue weighted by Gasteiger charge is 2.12. The Morgan fingerprint density at radius 1 is 1.13 bits per heavy atom. The van der Waals surface area contributed by atoms with Crippen molar-refractivity contribution in [1.29, 1.82) is 0 Å². The maximum Gasteiger partial charge on any atom is 0.266 e. The lowest BCUT2D eigenvalue weighted by Crippen LogP contribution is -2.11. The fourth-order valence-electron chi connectivity index (χ4n) is 2.91. The Labute approximate surface area is 183 Å². The van der Waals surface area contributed by atoms with Crippen molar-refractivity contribution >= 4 is 34.7 Å². The Kier molecular flexibility index (Phi) is 6.16. The number of nitrogens with zero attached hydrogens (tertiary/aromatic N) is 2. The number of rotatable bonds is 7. The summed E-state index contributed by atoms with van der Waals surface area (Å²) in [6, 6.07) is 19.1. The molecule has 0 saturated heterocycles. The average molecular weight is 438 g/mol. The van der Waals surface area contributed by atoms with Crippen molar-refractivity contribution in [3.63, 3.8) is 0 Å². The number of carbonyl (C=O) groups is 1. The molecule has 0 atom stereocenters. The zero-order chi connectivity index (χ0) is 20.9. The molecule has 30 heavy (non-hydrogen) atoms. The number of halogens is 1. The minimum Gasteiger partial charge on any atom is -0.489 e. The van der Waals surface area contributed by atoms with Crippen LogP contribution in [0, 0.1) is 6.92 Å². The number of thiophene rings is 1. The molecular formula is C23H20ClN3O2S. The minimum atomic E-state index is -0.182. The first-order chi connectivity index (χ1) is 14.5. The van der Waals surface area contributed by atoms with Crippen LogP contribution in [0.4, 0.5) is 5.82 Å². The van der Waals surface area contributed by atoms with Crippen LogP contribution in [0.25, 0.3) is 0 Å². The number of aryl methyl sites for hydroxylation is 1. The largest absolute Gasteiger partial charge is 0.489 e. The van der Waals surface area contributed by atoms with Crippen LogP contribution in [0.3, 0.4) is 0 Å². The van der Waals surface area contributed by atoms with Gasteiger partial charge in [0.1, 0.15) is 12.4 Å². The van der Waals surface area contributed by atoms with E-state index in [9.17, 15) is 4.79 Å². The van der Waals surface area contributed by atoms with E-state index >= 15 is 0 Å². The predicted octanol–water partition coefficient (Wildman–Crippen LogP) is 5.79. The number of anilines is 1. The Bertz CT molecular complexity index is 1150. The Balaban J connectivity index is 1.33. The summed E-state index contributed by atoms with van der Waals surface area (Å²) in [5.41, 5.74) is 3.19. The molecule has 4 aromatic rings. The molecule has 0 bridgehead atoms. The van der Waals surface area contributed by atoms with Gasteiger partial charge in [-0.3, -0.25) is 9.48 Å². The monoisotopic (exact) mass is 437 g/mol. The van der Waals surface area contributed by atoms with E-state index in [4.69, 9.17) is 16.3 Å². The first-order valence-electron chi connectivity index (χ1n) is 9.41. The van der Waals surface area contributed by atoms with E-state index in [0.717, 1.165) is 22.4 Å². The van der Waals surface area contributed by atoms with Gasteiger partial charge < -0.3 is 10.1 Å². The van der Waals surface area contributed by atoms with Crippen LogP contribution in [0.5, 0.6) is 5.75 Å². The van der Waals surface area contributed by atoms with Crippen molar-refractivity contribution in [2.45, 2.75) is 20.1 Å². The van der Waals surface area contributed by atoms with Gasteiger partial charge in [-0.25, -0.2) is 0 Å². The molecule has 0 radical (unpaired) electrons. The van der Waals surface area contributed by atoms with Crippen LogP contribution in [0.2, 0.25) is 5.02 Å². The van der Waals surface area contributed by atoms with Crippen LogP contribution in [-0.4, -0.2) is 15.7 Å². The summed E-state index contributed by atoms with van der Waals surface area (Å²) in [5, 5.41) is 9.90. The first-order valence-corrected chi connectivity index (χ1v) is 10.7. The summed E-state index contributed by atoms with van der Waals surface area (Å²) in [7, 11) is 0. The molecule has 2 heterocycles. The molecule has 4 rings (SSSR count). The lowest BCUT2D eigenvalue weighted by molar-refractivity contribution is 0.103. The van der Waals surface area contributed by atoms with Crippen molar-refractivity contribution in [2.24, 2.45) is 0 Å². The Morgan fingerprint density at radius 2 is 1.97 bits per heavy atom. The lowest BCUT2D eigenvalue weighted by atomic mass is 10.2. The van der Waals surface area contributed by atoms with Gasteiger partial charge in [0.05, 0.1) is 11.4 Å². The molecule has 0 saturated carbocycles. The van der Waals surface area contributed by atoms with Crippen LogP contribution < -0.4 is 10.1 Å². The van der Waals surface area contributed by atoms with Gasteiger partial charge in [-0.05, 0) is 53.8 Å². The summed E-state index contributed by atoms with van der Waals surface area (Å²) in [4.78, 5) is 13.2. The molecule has 0 aliphatic heterocycles. The topological polar surface area (TPSA) is 56.1 Å². The van der Waals surface area contributed by atoms with Crippen molar-refractivity contribution in [3.05, 3.63) is 98.8 Å². The zero-order valence-electron chi connectivity index (χ0n) is 16.3. The summed E-state index contributed by atoms with van der Waals surface area (Å²) < 4.78 is 7.57. The van der Waals surface area contributed by atoms with E-state index in [2.05, 4.69) is 10.4 Å². The van der Waals surface area contributed by atoms with E-state index in [1.807, 2.05) is 73.1 Å². The van der Waals surface area contributed by atoms with Crippen molar-refractivity contribution in [1.82, 2.24) is 9.78 Å². The van der Waals surface area contributed by atoms with Crippen molar-refractivity contribution in [3.8, 4) is 5.75 Å². The third kappa shape index (κ3) is 5.28. The third-order valence-electron chi connectivity index (χ3n) is 4.41. The number of carbonyl (C=O) groups excluding carboxylic acids is 1. The fourth-order valence-corrected chi connectivity index (χ4v) is 3.83. The number of ether oxygens (including phenoxy) is 1. The van der Waals surface area contributed by atoms with E-state index in [0.29, 0.717) is 28.9 Å². The number of aromatic nitrogens is 2. The van der Waals surface area contributed by atoms with Gasteiger partial charge in [0, 0.05) is 22.8 Å². The number of hydrogen-bond donors (Lipinski definition) is 1. The molecule has 0 spiro atoms. The second kappa shape index (κ2) is 9.15. The molecular weight excluding hydrogens is 418 g/mol. The van der Waals surface area contributed by atoms with Gasteiger partial charge in [0.25, 0.3) is 5.91 Å².